The molecule has 1 aliphatic heterocycles. The smallest absolute Gasteiger partial charge is 0.305 e. The molecule has 0 spiro atoms. The van der Waals surface area contributed by atoms with Crippen LogP contribution < -0.4 is 10.6 Å². The van der Waals surface area contributed by atoms with Gasteiger partial charge in [-0.25, -0.2) is 4.99 Å². The Balaban J connectivity index is 2.60. The molecule has 2 rings (SSSR count). The molecule has 0 fully saturated rings. The second-order valence-electron chi connectivity index (χ2n) is 5.01. The van der Waals surface area contributed by atoms with E-state index >= 15 is 0 Å². The summed E-state index contributed by atoms with van der Waals surface area (Å²) in [5.74, 6) is -15.3. The van der Waals surface area contributed by atoms with Crippen LogP contribution in [-0.4, -0.2) is 41.4 Å². The second-order valence-corrected chi connectivity index (χ2v) is 5.01. The van der Waals surface area contributed by atoms with E-state index in [2.05, 4.69) is 4.99 Å². The fraction of sp³-hybridized carbons (Fsp3) is 0.385. The van der Waals surface area contributed by atoms with E-state index in [9.17, 15) is 44.3 Å². The molecule has 25 heavy (non-hydrogen) atoms. The Morgan fingerprint density at radius 3 is 2.00 bits per heavy atom. The average molecular weight is 378 g/mol. The zero-order valence-corrected chi connectivity index (χ0v) is 11.8. The number of para-hydroxylation sites is 1. The van der Waals surface area contributed by atoms with E-state index in [-0.39, 0.29) is 16.8 Å². The maximum atomic E-state index is 13.9. The van der Waals surface area contributed by atoms with Crippen molar-refractivity contribution in [3.8, 4) is 0 Å². The van der Waals surface area contributed by atoms with Crippen molar-refractivity contribution in [3.63, 3.8) is 0 Å². The second kappa shape index (κ2) is 5.63. The molecule has 0 bridgehead atoms. The maximum Gasteiger partial charge on any atom is 0.460 e. The Kier molecular flexibility index (Phi) is 4.29. The third kappa shape index (κ3) is 2.93. The van der Waals surface area contributed by atoms with Gasteiger partial charge < -0.3 is 4.90 Å². The molecule has 138 valence electrons. The third-order valence-corrected chi connectivity index (χ3v) is 3.27. The zero-order valence-electron chi connectivity index (χ0n) is 11.8. The Bertz CT molecular complexity index is 800. The van der Waals surface area contributed by atoms with Gasteiger partial charge >= 0.3 is 24.1 Å². The van der Waals surface area contributed by atoms with E-state index in [0.717, 1.165) is 12.1 Å². The average Bonchev–Trinajstić information content (AvgIpc) is 2.63. The number of alkyl halides is 9. The van der Waals surface area contributed by atoms with Crippen molar-refractivity contribution in [2.75, 3.05) is 6.54 Å². The van der Waals surface area contributed by atoms with Crippen LogP contribution in [0, 0.1) is 0 Å². The standard InChI is InChI=1S/C13H7F9N2O/c14-10(15,12(18,19)20)11(16,17)13(21,22)24-5-7-3-1-2-4-8(7)23-9(25)6-24/h1-5H,6H2. The topological polar surface area (TPSA) is 32.7 Å². The molecule has 1 amide bonds. The van der Waals surface area contributed by atoms with Crippen LogP contribution in [0.25, 0.3) is 6.20 Å². The molecule has 0 radical (unpaired) electrons. The SMILES string of the molecule is O=C1CN(C(F)(F)C(F)(F)C(F)(F)C(F)(F)F)C=c2ccccc2=N1. The van der Waals surface area contributed by atoms with Crippen LogP contribution in [-0.2, 0) is 4.79 Å². The van der Waals surface area contributed by atoms with E-state index in [1.54, 1.807) is 0 Å². The number of amides is 1. The molecule has 0 saturated carbocycles. The summed E-state index contributed by atoms with van der Waals surface area (Å²) in [5.41, 5.74) is 0. The summed E-state index contributed by atoms with van der Waals surface area (Å²) in [7, 11) is 0. The van der Waals surface area contributed by atoms with Gasteiger partial charge in [0.25, 0.3) is 5.91 Å². The monoisotopic (exact) mass is 378 g/mol. The largest absolute Gasteiger partial charge is 0.460 e. The van der Waals surface area contributed by atoms with Crippen LogP contribution in [0.1, 0.15) is 0 Å². The highest BCUT2D eigenvalue weighted by Gasteiger charge is 2.83. The molecule has 0 unspecified atom stereocenters. The summed E-state index contributed by atoms with van der Waals surface area (Å²) in [6.45, 7) is -1.62. The lowest BCUT2D eigenvalue weighted by Gasteiger charge is -2.38. The Morgan fingerprint density at radius 2 is 1.44 bits per heavy atom. The highest BCUT2D eigenvalue weighted by Crippen LogP contribution is 2.54. The van der Waals surface area contributed by atoms with E-state index < -0.39 is 41.4 Å². The van der Waals surface area contributed by atoms with Crippen molar-refractivity contribution < 1.29 is 44.3 Å². The molecular formula is C13H7F9N2O. The van der Waals surface area contributed by atoms with Gasteiger partial charge in [-0.15, -0.1) is 0 Å². The first-order chi connectivity index (χ1) is 11.2. The van der Waals surface area contributed by atoms with Crippen LogP contribution in [0.4, 0.5) is 39.5 Å². The first-order valence-corrected chi connectivity index (χ1v) is 6.37. The van der Waals surface area contributed by atoms with Crippen molar-refractivity contribution in [1.29, 1.82) is 0 Å². The summed E-state index contributed by atoms with van der Waals surface area (Å²) < 4.78 is 117. The number of nitrogens with zero attached hydrogens (tertiary/aromatic N) is 2. The number of carbonyl (C=O) groups is 1. The fourth-order valence-corrected chi connectivity index (χ4v) is 1.96. The number of rotatable bonds is 3. The number of halogens is 9. The highest BCUT2D eigenvalue weighted by atomic mass is 19.4. The van der Waals surface area contributed by atoms with Crippen molar-refractivity contribution in [2.45, 2.75) is 24.1 Å². The maximum absolute atomic E-state index is 13.9. The number of fused-ring (bicyclic) bond motifs is 1. The van der Waals surface area contributed by atoms with Crippen LogP contribution >= 0.6 is 0 Å². The van der Waals surface area contributed by atoms with E-state index in [4.69, 9.17) is 0 Å². The van der Waals surface area contributed by atoms with Crippen molar-refractivity contribution in [3.05, 3.63) is 34.8 Å². The Morgan fingerprint density at radius 1 is 0.880 bits per heavy atom. The molecule has 1 aromatic carbocycles. The third-order valence-electron chi connectivity index (χ3n) is 3.27. The van der Waals surface area contributed by atoms with Gasteiger partial charge in [-0.05, 0) is 6.07 Å². The van der Waals surface area contributed by atoms with E-state index in [1.807, 2.05) is 0 Å². The molecule has 3 nitrogen and oxygen atoms in total. The molecule has 0 aromatic heterocycles. The predicted molar refractivity (Wildman–Crippen MR) is 64.3 cm³/mol. The number of benzene rings is 1. The normalized spacial score (nSPS) is 16.7. The van der Waals surface area contributed by atoms with Gasteiger partial charge in [0.2, 0.25) is 0 Å². The van der Waals surface area contributed by atoms with Gasteiger partial charge in [-0.2, -0.15) is 39.5 Å². The van der Waals surface area contributed by atoms with Crippen LogP contribution in [0.15, 0.2) is 29.3 Å². The zero-order chi connectivity index (χ0) is 19.3. The minimum absolute atomic E-state index is 0.185. The first-order valence-electron chi connectivity index (χ1n) is 6.37. The molecule has 12 heteroatoms. The highest BCUT2D eigenvalue weighted by molar-refractivity contribution is 5.80. The van der Waals surface area contributed by atoms with Gasteiger partial charge in [0.15, 0.2) is 0 Å². The van der Waals surface area contributed by atoms with Gasteiger partial charge in [0.05, 0.1) is 5.36 Å². The summed E-state index contributed by atoms with van der Waals surface area (Å²) in [4.78, 5) is 13.9. The lowest BCUT2D eigenvalue weighted by atomic mass is 10.1. The lowest BCUT2D eigenvalue weighted by molar-refractivity contribution is -0.412. The van der Waals surface area contributed by atoms with E-state index in [0.29, 0.717) is 0 Å². The molecule has 1 aliphatic rings. The van der Waals surface area contributed by atoms with Crippen LogP contribution in [0.5, 0.6) is 0 Å². The summed E-state index contributed by atoms with van der Waals surface area (Å²) in [6, 6.07) is -1.29. The number of carbonyl (C=O) groups excluding carboxylic acids is 1. The molecule has 1 aromatic rings. The lowest BCUT2D eigenvalue weighted by Crippen LogP contribution is -2.65. The van der Waals surface area contributed by atoms with Crippen LogP contribution in [0.3, 0.4) is 0 Å². The van der Waals surface area contributed by atoms with Gasteiger partial charge in [-0.3, -0.25) is 4.79 Å². The van der Waals surface area contributed by atoms with Gasteiger partial charge in [0.1, 0.15) is 6.54 Å². The fourth-order valence-electron chi connectivity index (χ4n) is 1.96. The predicted octanol–water partition coefficient (Wildman–Crippen LogP) is 2.31. The minimum Gasteiger partial charge on any atom is -0.305 e. The molecule has 1 heterocycles. The van der Waals surface area contributed by atoms with Gasteiger partial charge in [0, 0.05) is 11.4 Å². The Hall–Kier alpha value is -2.27. The summed E-state index contributed by atoms with van der Waals surface area (Å²) in [6.07, 6.45) is -6.75. The molecule has 0 atom stereocenters. The molecule has 0 N–H and O–H groups in total. The van der Waals surface area contributed by atoms with Crippen LogP contribution in [0.2, 0.25) is 0 Å². The van der Waals surface area contributed by atoms with Crippen molar-refractivity contribution >= 4 is 12.1 Å². The van der Waals surface area contributed by atoms with E-state index in [1.165, 1.54) is 12.1 Å². The Labute approximate surface area is 133 Å². The van der Waals surface area contributed by atoms with Crippen molar-refractivity contribution in [2.24, 2.45) is 4.99 Å². The summed E-state index contributed by atoms with van der Waals surface area (Å²) in [5, 5.41) is -0.559. The van der Waals surface area contributed by atoms with Gasteiger partial charge in [-0.1, -0.05) is 18.2 Å². The molecule has 0 aliphatic carbocycles. The van der Waals surface area contributed by atoms with Crippen molar-refractivity contribution in [1.82, 2.24) is 4.90 Å². The molecular weight excluding hydrogens is 371 g/mol. The first kappa shape index (κ1) is 19.1. The number of hydrogen-bond acceptors (Lipinski definition) is 2. The minimum atomic E-state index is -7.04. The summed E-state index contributed by atoms with van der Waals surface area (Å²) >= 11 is 0. The quantitative estimate of drug-likeness (QED) is 0.598. The molecule has 0 saturated heterocycles. The number of hydrogen-bond donors (Lipinski definition) is 0.